The maximum absolute atomic E-state index is 12.2. The van der Waals surface area contributed by atoms with Crippen molar-refractivity contribution in [2.24, 2.45) is 0 Å². The molecular formula is C19H22N2O5. The summed E-state index contributed by atoms with van der Waals surface area (Å²) in [7, 11) is 0. The lowest BCUT2D eigenvalue weighted by Crippen LogP contribution is -2.38. The predicted octanol–water partition coefficient (Wildman–Crippen LogP) is 2.49. The quantitative estimate of drug-likeness (QED) is 0.769. The number of hydrogen-bond donors (Lipinski definition) is 2. The first kappa shape index (κ1) is 18.1. The Kier molecular flexibility index (Phi) is 5.68. The Balaban J connectivity index is 1.53. The highest BCUT2D eigenvalue weighted by atomic mass is 16.5. The average molecular weight is 358 g/mol. The Morgan fingerprint density at radius 1 is 1.27 bits per heavy atom. The van der Waals surface area contributed by atoms with Crippen LogP contribution < -0.4 is 10.1 Å². The zero-order valence-corrected chi connectivity index (χ0v) is 14.6. The molecule has 0 saturated heterocycles. The molecule has 2 N–H and O–H groups in total. The Morgan fingerprint density at radius 2 is 2.04 bits per heavy atom. The van der Waals surface area contributed by atoms with E-state index >= 15 is 0 Å². The van der Waals surface area contributed by atoms with Gasteiger partial charge in [0.1, 0.15) is 12.4 Å². The molecule has 26 heavy (non-hydrogen) atoms. The fourth-order valence-electron chi connectivity index (χ4n) is 2.93. The number of nitrogens with zero attached hydrogens (tertiary/aromatic N) is 1. The van der Waals surface area contributed by atoms with Crippen molar-refractivity contribution >= 4 is 11.7 Å². The number of aromatic nitrogens is 1. The summed E-state index contributed by atoms with van der Waals surface area (Å²) in [5.41, 5.74) is 0.768. The second-order valence-corrected chi connectivity index (χ2v) is 6.53. The molecule has 0 atom stereocenters. The number of amides is 1. The normalized spacial score (nSPS) is 19.8. The van der Waals surface area contributed by atoms with Crippen LogP contribution in [0, 0.1) is 0 Å². The van der Waals surface area contributed by atoms with Crippen molar-refractivity contribution in [3.8, 4) is 5.75 Å². The number of rotatable bonds is 6. The highest BCUT2D eigenvalue weighted by molar-refractivity contribution is 5.94. The summed E-state index contributed by atoms with van der Waals surface area (Å²) in [6, 6.07) is 8.46. The molecule has 3 rings (SSSR count). The lowest BCUT2D eigenvalue weighted by atomic mass is 9.93. The minimum atomic E-state index is -0.292. The Bertz CT molecular complexity index is 778. The highest BCUT2D eigenvalue weighted by Crippen LogP contribution is 2.19. The number of benzene rings is 1. The standard InChI is InChI=1S/C19H22N2O5/c1-12(22)13-3-2-4-16(9-13)25-11-17-10-18(21-26-17)19(24)20-14-5-7-15(23)8-6-14/h2-4,9-10,14-15,23H,5-8,11H2,1H3,(H,20,24). The first-order valence-corrected chi connectivity index (χ1v) is 8.69. The first-order valence-electron chi connectivity index (χ1n) is 8.69. The second-order valence-electron chi connectivity index (χ2n) is 6.53. The van der Waals surface area contributed by atoms with Crippen LogP contribution in [0.2, 0.25) is 0 Å². The summed E-state index contributed by atoms with van der Waals surface area (Å²) in [6.07, 6.45) is 2.64. The van der Waals surface area contributed by atoms with E-state index in [9.17, 15) is 14.7 Å². The molecule has 0 aliphatic heterocycles. The van der Waals surface area contributed by atoms with Crippen LogP contribution in [-0.4, -0.2) is 34.1 Å². The van der Waals surface area contributed by atoms with Gasteiger partial charge in [0, 0.05) is 17.7 Å². The molecule has 1 aliphatic carbocycles. The largest absolute Gasteiger partial charge is 0.486 e. The molecule has 1 heterocycles. The van der Waals surface area contributed by atoms with Gasteiger partial charge in [0.05, 0.1) is 6.10 Å². The molecule has 7 heteroatoms. The molecule has 1 aromatic carbocycles. The van der Waals surface area contributed by atoms with E-state index in [4.69, 9.17) is 9.26 Å². The van der Waals surface area contributed by atoms with Gasteiger partial charge in [-0.05, 0) is 44.7 Å². The maximum Gasteiger partial charge on any atom is 0.273 e. The molecule has 7 nitrogen and oxygen atoms in total. The molecule has 1 fully saturated rings. The van der Waals surface area contributed by atoms with Gasteiger partial charge in [0.2, 0.25) is 0 Å². The van der Waals surface area contributed by atoms with E-state index < -0.39 is 0 Å². The van der Waals surface area contributed by atoms with Crippen LogP contribution in [0.15, 0.2) is 34.9 Å². The van der Waals surface area contributed by atoms with Gasteiger partial charge in [-0.25, -0.2) is 0 Å². The average Bonchev–Trinajstić information content (AvgIpc) is 3.11. The van der Waals surface area contributed by atoms with Gasteiger partial charge >= 0.3 is 0 Å². The molecular weight excluding hydrogens is 336 g/mol. The third kappa shape index (κ3) is 4.70. The van der Waals surface area contributed by atoms with Crippen molar-refractivity contribution in [3.63, 3.8) is 0 Å². The van der Waals surface area contributed by atoms with E-state index in [0.717, 1.165) is 12.8 Å². The number of ketones is 1. The zero-order chi connectivity index (χ0) is 18.5. The Morgan fingerprint density at radius 3 is 2.77 bits per heavy atom. The van der Waals surface area contributed by atoms with Crippen LogP contribution >= 0.6 is 0 Å². The molecule has 0 radical (unpaired) electrons. The lowest BCUT2D eigenvalue weighted by molar-refractivity contribution is 0.0859. The number of carbonyl (C=O) groups is 2. The van der Waals surface area contributed by atoms with Gasteiger partial charge in [-0.2, -0.15) is 0 Å². The fourth-order valence-corrected chi connectivity index (χ4v) is 2.93. The lowest BCUT2D eigenvalue weighted by Gasteiger charge is -2.25. The Hall–Kier alpha value is -2.67. The summed E-state index contributed by atoms with van der Waals surface area (Å²) in [6.45, 7) is 1.60. The third-order valence-electron chi connectivity index (χ3n) is 4.45. The van der Waals surface area contributed by atoms with E-state index in [-0.39, 0.29) is 36.1 Å². The van der Waals surface area contributed by atoms with Crippen LogP contribution in [0.3, 0.4) is 0 Å². The van der Waals surface area contributed by atoms with E-state index in [1.54, 1.807) is 30.3 Å². The van der Waals surface area contributed by atoms with E-state index in [0.29, 0.717) is 29.9 Å². The van der Waals surface area contributed by atoms with Crippen molar-refractivity contribution in [1.29, 1.82) is 0 Å². The van der Waals surface area contributed by atoms with Crippen molar-refractivity contribution in [2.75, 3.05) is 0 Å². The molecule has 1 amide bonds. The summed E-state index contributed by atoms with van der Waals surface area (Å²) in [4.78, 5) is 23.6. The SMILES string of the molecule is CC(=O)c1cccc(OCc2cc(C(=O)NC3CCC(O)CC3)no2)c1. The van der Waals surface area contributed by atoms with Crippen LogP contribution in [-0.2, 0) is 6.61 Å². The third-order valence-corrected chi connectivity index (χ3v) is 4.45. The molecule has 0 spiro atoms. The second kappa shape index (κ2) is 8.14. The van der Waals surface area contributed by atoms with Gasteiger partial charge in [0.15, 0.2) is 17.2 Å². The predicted molar refractivity (Wildman–Crippen MR) is 93.0 cm³/mol. The van der Waals surface area contributed by atoms with Gasteiger partial charge in [-0.1, -0.05) is 17.3 Å². The minimum absolute atomic E-state index is 0.0377. The summed E-state index contributed by atoms with van der Waals surface area (Å²) >= 11 is 0. The fraction of sp³-hybridized carbons (Fsp3) is 0.421. The number of nitrogens with one attached hydrogen (secondary N) is 1. The van der Waals surface area contributed by atoms with Crippen molar-refractivity contribution < 1.29 is 24.0 Å². The van der Waals surface area contributed by atoms with Crippen LogP contribution in [0.4, 0.5) is 0 Å². The van der Waals surface area contributed by atoms with Gasteiger partial charge in [-0.15, -0.1) is 0 Å². The van der Waals surface area contributed by atoms with E-state index in [1.807, 2.05) is 0 Å². The molecule has 2 aromatic rings. The number of carbonyl (C=O) groups excluding carboxylic acids is 2. The number of ether oxygens (including phenoxy) is 1. The van der Waals surface area contributed by atoms with Crippen molar-refractivity contribution in [3.05, 3.63) is 47.3 Å². The van der Waals surface area contributed by atoms with E-state index in [1.165, 1.54) is 6.92 Å². The van der Waals surface area contributed by atoms with Crippen molar-refractivity contribution in [2.45, 2.75) is 51.4 Å². The summed E-state index contributed by atoms with van der Waals surface area (Å²) < 4.78 is 10.7. The summed E-state index contributed by atoms with van der Waals surface area (Å²) in [5.74, 6) is 0.632. The minimum Gasteiger partial charge on any atom is -0.486 e. The molecule has 0 bridgehead atoms. The van der Waals surface area contributed by atoms with E-state index in [2.05, 4.69) is 10.5 Å². The molecule has 0 unspecified atom stereocenters. The van der Waals surface area contributed by atoms with Gasteiger partial charge in [-0.3, -0.25) is 9.59 Å². The topological polar surface area (TPSA) is 102 Å². The number of aliphatic hydroxyl groups is 1. The molecule has 138 valence electrons. The smallest absolute Gasteiger partial charge is 0.273 e. The number of Topliss-reactive ketones (excluding diaryl/α,β-unsaturated/α-hetero) is 1. The highest BCUT2D eigenvalue weighted by Gasteiger charge is 2.22. The van der Waals surface area contributed by atoms with Gasteiger partial charge < -0.3 is 19.7 Å². The molecule has 1 aromatic heterocycles. The van der Waals surface area contributed by atoms with Crippen LogP contribution in [0.5, 0.6) is 5.75 Å². The Labute approximate surface area is 151 Å². The monoisotopic (exact) mass is 358 g/mol. The first-order chi connectivity index (χ1) is 12.5. The number of aliphatic hydroxyl groups excluding tert-OH is 1. The zero-order valence-electron chi connectivity index (χ0n) is 14.6. The van der Waals surface area contributed by atoms with Gasteiger partial charge in [0.25, 0.3) is 5.91 Å². The van der Waals surface area contributed by atoms with Crippen LogP contribution in [0.25, 0.3) is 0 Å². The number of hydrogen-bond acceptors (Lipinski definition) is 6. The maximum atomic E-state index is 12.2. The molecule has 1 aliphatic rings. The van der Waals surface area contributed by atoms with Crippen molar-refractivity contribution in [1.82, 2.24) is 10.5 Å². The molecule has 1 saturated carbocycles. The summed E-state index contributed by atoms with van der Waals surface area (Å²) in [5, 5.41) is 16.2. The van der Waals surface area contributed by atoms with Crippen LogP contribution in [0.1, 0.15) is 59.2 Å².